The molecule has 0 bridgehead atoms. The van der Waals surface area contributed by atoms with Crippen molar-refractivity contribution < 1.29 is 8.42 Å². The monoisotopic (exact) mass is 253 g/mol. The van der Waals surface area contributed by atoms with Gasteiger partial charge in [-0.25, -0.2) is 13.4 Å². The maximum atomic E-state index is 11.8. The SMILES string of the molecule is CCC(N)CS(=O)(=O)Cc1cccnc1C#N. The first-order chi connectivity index (χ1) is 7.98. The van der Waals surface area contributed by atoms with Gasteiger partial charge in [0.2, 0.25) is 0 Å². The number of hydrogen-bond donors (Lipinski definition) is 1. The Morgan fingerprint density at radius 1 is 1.59 bits per heavy atom. The Morgan fingerprint density at radius 2 is 2.29 bits per heavy atom. The van der Waals surface area contributed by atoms with E-state index in [-0.39, 0.29) is 23.2 Å². The van der Waals surface area contributed by atoms with Crippen LogP contribution >= 0.6 is 0 Å². The van der Waals surface area contributed by atoms with Gasteiger partial charge in [-0.3, -0.25) is 0 Å². The van der Waals surface area contributed by atoms with E-state index in [1.807, 2.05) is 13.0 Å². The molecule has 0 saturated carbocycles. The molecule has 1 aromatic heterocycles. The molecule has 0 radical (unpaired) electrons. The van der Waals surface area contributed by atoms with E-state index in [9.17, 15) is 8.42 Å². The minimum atomic E-state index is -3.29. The summed E-state index contributed by atoms with van der Waals surface area (Å²) in [6.07, 6.45) is 2.07. The maximum Gasteiger partial charge on any atom is 0.156 e. The molecule has 0 fully saturated rings. The summed E-state index contributed by atoms with van der Waals surface area (Å²) < 4.78 is 23.6. The van der Waals surface area contributed by atoms with Crippen molar-refractivity contribution in [3.63, 3.8) is 0 Å². The van der Waals surface area contributed by atoms with E-state index in [0.717, 1.165) is 0 Å². The van der Waals surface area contributed by atoms with Gasteiger partial charge in [0.15, 0.2) is 9.84 Å². The van der Waals surface area contributed by atoms with Gasteiger partial charge in [-0.15, -0.1) is 0 Å². The minimum Gasteiger partial charge on any atom is -0.327 e. The number of nitrogens with zero attached hydrogens (tertiary/aromatic N) is 2. The third kappa shape index (κ3) is 4.13. The van der Waals surface area contributed by atoms with E-state index < -0.39 is 9.84 Å². The van der Waals surface area contributed by atoms with Crippen molar-refractivity contribution in [2.24, 2.45) is 5.73 Å². The van der Waals surface area contributed by atoms with Crippen LogP contribution in [0.4, 0.5) is 0 Å². The number of pyridine rings is 1. The van der Waals surface area contributed by atoms with Gasteiger partial charge in [0, 0.05) is 17.8 Å². The summed E-state index contributed by atoms with van der Waals surface area (Å²) in [6, 6.07) is 4.73. The first-order valence-electron chi connectivity index (χ1n) is 5.28. The van der Waals surface area contributed by atoms with Crippen molar-refractivity contribution >= 4 is 9.84 Å². The summed E-state index contributed by atoms with van der Waals surface area (Å²) in [4.78, 5) is 3.82. The Bertz CT molecular complexity index is 520. The molecule has 0 aromatic carbocycles. The number of hydrogen-bond acceptors (Lipinski definition) is 5. The molecule has 92 valence electrons. The predicted octanol–water partition coefficient (Wildman–Crippen LogP) is 0.605. The molecule has 2 N–H and O–H groups in total. The molecule has 0 aliphatic rings. The fourth-order valence-corrected chi connectivity index (χ4v) is 3.11. The molecule has 0 aliphatic carbocycles. The highest BCUT2D eigenvalue weighted by atomic mass is 32.2. The largest absolute Gasteiger partial charge is 0.327 e. The number of sulfone groups is 1. The molecule has 1 aromatic rings. The van der Waals surface area contributed by atoms with Crippen molar-refractivity contribution in [1.29, 1.82) is 5.26 Å². The number of rotatable bonds is 5. The van der Waals surface area contributed by atoms with Crippen LogP contribution in [0.3, 0.4) is 0 Å². The predicted molar refractivity (Wildman–Crippen MR) is 64.7 cm³/mol. The van der Waals surface area contributed by atoms with Crippen molar-refractivity contribution in [3.8, 4) is 6.07 Å². The van der Waals surface area contributed by atoms with Crippen LogP contribution in [0.2, 0.25) is 0 Å². The van der Waals surface area contributed by atoms with Crippen molar-refractivity contribution in [3.05, 3.63) is 29.6 Å². The highest BCUT2D eigenvalue weighted by Crippen LogP contribution is 2.10. The van der Waals surface area contributed by atoms with Gasteiger partial charge in [-0.1, -0.05) is 13.0 Å². The van der Waals surface area contributed by atoms with E-state index in [1.165, 1.54) is 6.20 Å². The van der Waals surface area contributed by atoms with E-state index in [1.54, 1.807) is 12.1 Å². The molecule has 0 saturated heterocycles. The maximum absolute atomic E-state index is 11.8. The van der Waals surface area contributed by atoms with Crippen molar-refractivity contribution in [2.75, 3.05) is 5.75 Å². The van der Waals surface area contributed by atoms with E-state index >= 15 is 0 Å². The molecule has 1 unspecified atom stereocenters. The Balaban J connectivity index is 2.88. The van der Waals surface area contributed by atoms with Crippen molar-refractivity contribution in [1.82, 2.24) is 4.98 Å². The second-order valence-corrected chi connectivity index (χ2v) is 5.95. The Kier molecular flexibility index (Phi) is 4.61. The van der Waals surface area contributed by atoms with Crippen LogP contribution < -0.4 is 5.73 Å². The summed E-state index contributed by atoms with van der Waals surface area (Å²) >= 11 is 0. The van der Waals surface area contributed by atoms with Gasteiger partial charge in [-0.2, -0.15) is 5.26 Å². The smallest absolute Gasteiger partial charge is 0.156 e. The summed E-state index contributed by atoms with van der Waals surface area (Å²) in [5.41, 5.74) is 6.21. The zero-order valence-corrected chi connectivity index (χ0v) is 10.4. The lowest BCUT2D eigenvalue weighted by Crippen LogP contribution is -2.29. The lowest BCUT2D eigenvalue weighted by molar-refractivity contribution is 0.583. The van der Waals surface area contributed by atoms with E-state index in [2.05, 4.69) is 4.98 Å². The van der Waals surface area contributed by atoms with Crippen LogP contribution in [0.15, 0.2) is 18.3 Å². The van der Waals surface area contributed by atoms with Crippen LogP contribution in [0, 0.1) is 11.3 Å². The highest BCUT2D eigenvalue weighted by Gasteiger charge is 2.18. The lowest BCUT2D eigenvalue weighted by Gasteiger charge is -2.10. The molecule has 1 atom stereocenters. The summed E-state index contributed by atoms with van der Waals surface area (Å²) in [6.45, 7) is 1.84. The van der Waals surface area contributed by atoms with E-state index in [0.29, 0.717) is 12.0 Å². The zero-order chi connectivity index (χ0) is 12.9. The molecule has 17 heavy (non-hydrogen) atoms. The number of aromatic nitrogens is 1. The molecule has 6 heteroatoms. The summed E-state index contributed by atoms with van der Waals surface area (Å²) in [7, 11) is -3.29. The van der Waals surface area contributed by atoms with Gasteiger partial charge in [-0.05, 0) is 12.5 Å². The first-order valence-corrected chi connectivity index (χ1v) is 7.10. The van der Waals surface area contributed by atoms with Crippen LogP contribution in [-0.4, -0.2) is 25.2 Å². The molecular weight excluding hydrogens is 238 g/mol. The zero-order valence-electron chi connectivity index (χ0n) is 9.63. The van der Waals surface area contributed by atoms with Crippen LogP contribution in [0.25, 0.3) is 0 Å². The van der Waals surface area contributed by atoms with Crippen molar-refractivity contribution in [2.45, 2.75) is 25.1 Å². The molecule has 0 spiro atoms. The molecule has 0 aliphatic heterocycles. The Labute approximate surface area is 101 Å². The molecule has 1 rings (SSSR count). The average molecular weight is 253 g/mol. The molecule has 5 nitrogen and oxygen atoms in total. The van der Waals surface area contributed by atoms with Gasteiger partial charge in [0.25, 0.3) is 0 Å². The molecule has 1 heterocycles. The minimum absolute atomic E-state index is 0.0662. The van der Waals surface area contributed by atoms with Crippen LogP contribution in [0.1, 0.15) is 24.6 Å². The molecule has 0 amide bonds. The van der Waals surface area contributed by atoms with Gasteiger partial charge >= 0.3 is 0 Å². The summed E-state index contributed by atoms with van der Waals surface area (Å²) in [5, 5.41) is 8.81. The fraction of sp³-hybridized carbons (Fsp3) is 0.455. The quantitative estimate of drug-likeness (QED) is 0.829. The second kappa shape index (κ2) is 5.75. The third-order valence-corrected chi connectivity index (χ3v) is 4.05. The Hall–Kier alpha value is -1.45. The average Bonchev–Trinajstić information content (AvgIpc) is 2.28. The topological polar surface area (TPSA) is 96.8 Å². The van der Waals surface area contributed by atoms with E-state index in [4.69, 9.17) is 11.0 Å². The lowest BCUT2D eigenvalue weighted by atomic mass is 10.2. The van der Waals surface area contributed by atoms with Crippen LogP contribution in [0.5, 0.6) is 0 Å². The standard InChI is InChI=1S/C11H15N3O2S/c1-2-10(13)8-17(15,16)7-9-4-3-5-14-11(9)6-12/h3-5,10H,2,7-8,13H2,1H3. The first kappa shape index (κ1) is 13.6. The number of nitriles is 1. The van der Waals surface area contributed by atoms with Gasteiger partial charge in [0.05, 0.1) is 11.5 Å². The fourth-order valence-electron chi connectivity index (χ4n) is 1.40. The normalized spacial score (nSPS) is 13.0. The van der Waals surface area contributed by atoms with Gasteiger partial charge in [0.1, 0.15) is 11.8 Å². The third-order valence-electron chi connectivity index (χ3n) is 2.36. The Morgan fingerprint density at radius 3 is 2.88 bits per heavy atom. The summed E-state index contributed by atoms with van der Waals surface area (Å²) in [5.74, 6) is -0.249. The molecular formula is C11H15N3O2S. The second-order valence-electron chi connectivity index (χ2n) is 3.85. The van der Waals surface area contributed by atoms with Gasteiger partial charge < -0.3 is 5.73 Å². The highest BCUT2D eigenvalue weighted by molar-refractivity contribution is 7.90. The van der Waals surface area contributed by atoms with Crippen LogP contribution in [-0.2, 0) is 15.6 Å². The number of nitrogens with two attached hydrogens (primary N) is 1.